The van der Waals surface area contributed by atoms with Gasteiger partial charge in [0.25, 0.3) is 0 Å². The van der Waals surface area contributed by atoms with Crippen molar-refractivity contribution in [3.8, 4) is 5.69 Å². The van der Waals surface area contributed by atoms with Gasteiger partial charge < -0.3 is 10.2 Å². The predicted octanol–water partition coefficient (Wildman–Crippen LogP) is 2.67. The number of hydrogen-bond acceptors (Lipinski definition) is 4. The number of aromatic nitrogens is 3. The SMILES string of the molecule is CN1CCCC(CNc2cccc(Cl)c2-n2cncn2)C1. The number of benzene rings is 1. The van der Waals surface area contributed by atoms with Crippen LogP contribution in [0.4, 0.5) is 5.69 Å². The zero-order valence-electron chi connectivity index (χ0n) is 12.2. The van der Waals surface area contributed by atoms with Gasteiger partial charge in [-0.1, -0.05) is 17.7 Å². The lowest BCUT2D eigenvalue weighted by atomic mass is 9.98. The first-order valence-electron chi connectivity index (χ1n) is 7.30. The topological polar surface area (TPSA) is 46.0 Å². The maximum Gasteiger partial charge on any atom is 0.138 e. The van der Waals surface area contributed by atoms with Crippen LogP contribution in [-0.2, 0) is 0 Å². The number of para-hydroxylation sites is 1. The van der Waals surface area contributed by atoms with Gasteiger partial charge in [0, 0.05) is 13.1 Å². The Labute approximate surface area is 129 Å². The monoisotopic (exact) mass is 305 g/mol. The summed E-state index contributed by atoms with van der Waals surface area (Å²) in [6.07, 6.45) is 5.73. The second-order valence-corrected chi connectivity index (χ2v) is 6.03. The molecule has 0 bridgehead atoms. The molecule has 1 aromatic heterocycles. The standard InChI is InChI=1S/C15H20ClN5/c1-20-7-3-4-12(9-20)8-18-14-6-2-5-13(16)15(14)21-11-17-10-19-21/h2,5-6,10-12,18H,3-4,7-9H2,1H3. The molecule has 5 nitrogen and oxygen atoms in total. The minimum absolute atomic E-state index is 0.672. The van der Waals surface area contributed by atoms with Crippen LogP contribution in [0, 0.1) is 5.92 Å². The quantitative estimate of drug-likeness (QED) is 0.943. The molecule has 1 aliphatic rings. The molecule has 1 aliphatic heterocycles. The fraction of sp³-hybridized carbons (Fsp3) is 0.467. The molecule has 1 fully saturated rings. The molecule has 3 rings (SSSR count). The van der Waals surface area contributed by atoms with Crippen LogP contribution >= 0.6 is 11.6 Å². The normalized spacial score (nSPS) is 19.6. The molecule has 0 radical (unpaired) electrons. The van der Waals surface area contributed by atoms with Crippen LogP contribution in [0.5, 0.6) is 0 Å². The number of hydrogen-bond donors (Lipinski definition) is 1. The zero-order valence-corrected chi connectivity index (χ0v) is 12.9. The van der Waals surface area contributed by atoms with Crippen LogP contribution in [0.1, 0.15) is 12.8 Å². The minimum atomic E-state index is 0.672. The second kappa shape index (κ2) is 6.45. The number of anilines is 1. The molecule has 21 heavy (non-hydrogen) atoms. The Morgan fingerprint density at radius 1 is 1.43 bits per heavy atom. The molecule has 2 heterocycles. The van der Waals surface area contributed by atoms with Gasteiger partial charge in [-0.2, -0.15) is 5.10 Å². The Bertz CT molecular complexity index is 584. The molecule has 1 unspecified atom stereocenters. The van der Waals surface area contributed by atoms with Gasteiger partial charge in [-0.05, 0) is 44.5 Å². The highest BCUT2D eigenvalue weighted by Gasteiger charge is 2.18. The number of nitrogens with zero attached hydrogens (tertiary/aromatic N) is 4. The van der Waals surface area contributed by atoms with E-state index in [2.05, 4.69) is 27.3 Å². The molecule has 0 spiro atoms. The smallest absolute Gasteiger partial charge is 0.138 e. The molecule has 1 N–H and O–H groups in total. The predicted molar refractivity (Wildman–Crippen MR) is 85.1 cm³/mol. The first-order valence-corrected chi connectivity index (χ1v) is 7.68. The lowest BCUT2D eigenvalue weighted by molar-refractivity contribution is 0.217. The highest BCUT2D eigenvalue weighted by molar-refractivity contribution is 6.33. The maximum absolute atomic E-state index is 6.33. The molecule has 0 aliphatic carbocycles. The van der Waals surface area contributed by atoms with Crippen molar-refractivity contribution < 1.29 is 0 Å². The van der Waals surface area contributed by atoms with Crippen LogP contribution in [0.25, 0.3) is 5.69 Å². The minimum Gasteiger partial charge on any atom is -0.383 e. The van der Waals surface area contributed by atoms with E-state index in [1.807, 2.05) is 18.2 Å². The van der Waals surface area contributed by atoms with Gasteiger partial charge in [-0.25, -0.2) is 9.67 Å². The van der Waals surface area contributed by atoms with Gasteiger partial charge in [0.2, 0.25) is 0 Å². The molecule has 1 aromatic carbocycles. The third-order valence-corrected chi connectivity index (χ3v) is 4.24. The van der Waals surface area contributed by atoms with E-state index in [1.54, 1.807) is 11.0 Å². The molecule has 112 valence electrons. The van der Waals surface area contributed by atoms with E-state index in [1.165, 1.54) is 25.7 Å². The van der Waals surface area contributed by atoms with Crippen LogP contribution in [-0.4, -0.2) is 46.3 Å². The number of halogens is 1. The number of piperidine rings is 1. The average Bonchev–Trinajstić information content (AvgIpc) is 2.99. The highest BCUT2D eigenvalue weighted by atomic mass is 35.5. The lowest BCUT2D eigenvalue weighted by Gasteiger charge is -2.30. The first-order chi connectivity index (χ1) is 10.2. The second-order valence-electron chi connectivity index (χ2n) is 5.63. The van der Waals surface area contributed by atoms with Crippen molar-refractivity contribution in [2.45, 2.75) is 12.8 Å². The van der Waals surface area contributed by atoms with E-state index in [9.17, 15) is 0 Å². The van der Waals surface area contributed by atoms with Crippen LogP contribution in [0.15, 0.2) is 30.9 Å². The third kappa shape index (κ3) is 3.36. The highest BCUT2D eigenvalue weighted by Crippen LogP contribution is 2.28. The summed E-state index contributed by atoms with van der Waals surface area (Å²) in [6.45, 7) is 3.30. The van der Waals surface area contributed by atoms with Crippen molar-refractivity contribution in [1.29, 1.82) is 0 Å². The van der Waals surface area contributed by atoms with Crippen molar-refractivity contribution in [2.24, 2.45) is 5.92 Å². The Morgan fingerprint density at radius 2 is 2.33 bits per heavy atom. The van der Waals surface area contributed by atoms with Crippen molar-refractivity contribution in [3.05, 3.63) is 35.9 Å². The Balaban J connectivity index is 1.75. The lowest BCUT2D eigenvalue weighted by Crippen LogP contribution is -2.35. The van der Waals surface area contributed by atoms with Gasteiger partial charge >= 0.3 is 0 Å². The summed E-state index contributed by atoms with van der Waals surface area (Å²) in [6, 6.07) is 5.87. The summed E-state index contributed by atoms with van der Waals surface area (Å²) in [5.74, 6) is 0.673. The number of nitrogens with one attached hydrogen (secondary N) is 1. The van der Waals surface area contributed by atoms with Crippen LogP contribution in [0.2, 0.25) is 5.02 Å². The van der Waals surface area contributed by atoms with Crippen molar-refractivity contribution in [2.75, 3.05) is 32.0 Å². The molecular weight excluding hydrogens is 286 g/mol. The van der Waals surface area contributed by atoms with Crippen molar-refractivity contribution in [3.63, 3.8) is 0 Å². The van der Waals surface area contributed by atoms with Gasteiger partial charge in [-0.15, -0.1) is 0 Å². The molecule has 0 saturated carbocycles. The molecule has 0 amide bonds. The number of rotatable bonds is 4. The van der Waals surface area contributed by atoms with Gasteiger partial charge in [0.1, 0.15) is 18.3 Å². The summed E-state index contributed by atoms with van der Waals surface area (Å²) in [4.78, 5) is 6.39. The Morgan fingerprint density at radius 3 is 3.10 bits per heavy atom. The van der Waals surface area contributed by atoms with E-state index >= 15 is 0 Å². The maximum atomic E-state index is 6.33. The van der Waals surface area contributed by atoms with Gasteiger partial charge in [0.15, 0.2) is 0 Å². The Kier molecular flexibility index (Phi) is 4.41. The molecule has 1 saturated heterocycles. The molecule has 2 aromatic rings. The summed E-state index contributed by atoms with van der Waals surface area (Å²) < 4.78 is 1.71. The van der Waals surface area contributed by atoms with E-state index in [0.29, 0.717) is 10.9 Å². The van der Waals surface area contributed by atoms with E-state index in [4.69, 9.17) is 11.6 Å². The molecular formula is C15H20ClN5. The summed E-state index contributed by atoms with van der Waals surface area (Å²) in [7, 11) is 2.19. The van der Waals surface area contributed by atoms with Gasteiger partial charge in [0.05, 0.1) is 10.7 Å². The number of likely N-dealkylation sites (tertiary alicyclic amines) is 1. The first kappa shape index (κ1) is 14.4. The molecule has 6 heteroatoms. The summed E-state index contributed by atoms with van der Waals surface area (Å²) in [5.41, 5.74) is 1.86. The summed E-state index contributed by atoms with van der Waals surface area (Å²) in [5, 5.41) is 8.39. The molecule has 1 atom stereocenters. The third-order valence-electron chi connectivity index (χ3n) is 3.94. The van der Waals surface area contributed by atoms with Crippen molar-refractivity contribution >= 4 is 17.3 Å². The zero-order chi connectivity index (χ0) is 14.7. The summed E-state index contributed by atoms with van der Waals surface area (Å²) >= 11 is 6.33. The van der Waals surface area contributed by atoms with Gasteiger partial charge in [-0.3, -0.25) is 0 Å². The van der Waals surface area contributed by atoms with Crippen LogP contribution in [0.3, 0.4) is 0 Å². The fourth-order valence-electron chi connectivity index (χ4n) is 2.91. The van der Waals surface area contributed by atoms with Crippen molar-refractivity contribution in [1.82, 2.24) is 19.7 Å². The largest absolute Gasteiger partial charge is 0.383 e. The van der Waals surface area contributed by atoms with E-state index in [0.717, 1.165) is 24.5 Å². The average molecular weight is 306 g/mol. The van der Waals surface area contributed by atoms with E-state index < -0.39 is 0 Å². The van der Waals surface area contributed by atoms with E-state index in [-0.39, 0.29) is 0 Å². The van der Waals surface area contributed by atoms with Crippen LogP contribution < -0.4 is 5.32 Å². The fourth-order valence-corrected chi connectivity index (χ4v) is 3.17. The Hall–Kier alpha value is -1.59.